The van der Waals surface area contributed by atoms with Crippen LogP contribution in [0.5, 0.6) is 0 Å². The topological polar surface area (TPSA) is 51.2 Å². The molecule has 1 aromatic rings. The van der Waals surface area contributed by atoms with E-state index in [2.05, 4.69) is 58.5 Å². The summed E-state index contributed by atoms with van der Waals surface area (Å²) in [4.78, 5) is 22.5. The molecule has 0 spiro atoms. The fraction of sp³-hybridized carbons (Fsp3) is 0.182. The van der Waals surface area contributed by atoms with Crippen molar-refractivity contribution >= 4 is 20.4 Å². The predicted octanol–water partition coefficient (Wildman–Crippen LogP) is 1.11. The van der Waals surface area contributed by atoms with Gasteiger partial charge in [-0.2, -0.15) is 0 Å². The molecule has 0 saturated heterocycles. The van der Waals surface area contributed by atoms with Crippen LogP contribution >= 0.6 is 0 Å². The molecule has 0 aromatic heterocycles. The fourth-order valence-electron chi connectivity index (χ4n) is 0.663. The van der Waals surface area contributed by atoms with Gasteiger partial charge in [0.2, 0.25) is 0 Å². The zero-order valence-electron chi connectivity index (χ0n) is 8.44. The maximum absolute atomic E-state index is 7.50. The van der Waals surface area contributed by atoms with E-state index in [4.69, 9.17) is 14.4 Å². The molecule has 6 radical (unpaired) electrons. The molecular weight excluding hydrogens is 232 g/mol. The molecule has 78 valence electrons. The summed E-state index contributed by atoms with van der Waals surface area (Å²) >= 11 is 0. The predicted molar refractivity (Wildman–Crippen MR) is 53.0 cm³/mol. The van der Waals surface area contributed by atoms with Crippen LogP contribution in [-0.2, 0) is 31.7 Å². The second-order valence-electron chi connectivity index (χ2n) is 2.08. The summed E-state index contributed by atoms with van der Waals surface area (Å²) in [5.74, 6) is 0. The van der Waals surface area contributed by atoms with Crippen LogP contribution < -0.4 is 0 Å². The number of benzene rings is 1. The Bertz CT molecular complexity index is 203. The number of aryl methyl sites for hydroxylation is 2. The van der Waals surface area contributed by atoms with Crippen molar-refractivity contribution in [3.05, 3.63) is 35.4 Å². The van der Waals surface area contributed by atoms with Crippen molar-refractivity contribution in [1.82, 2.24) is 0 Å². The molecule has 15 heavy (non-hydrogen) atoms. The van der Waals surface area contributed by atoms with E-state index in [0.717, 1.165) is 0 Å². The van der Waals surface area contributed by atoms with Gasteiger partial charge in [0.05, 0.1) is 0 Å². The van der Waals surface area contributed by atoms with Gasteiger partial charge in [-0.3, -0.25) is 14.4 Å². The van der Waals surface area contributed by atoms with Crippen LogP contribution in [0, 0.1) is 13.8 Å². The molecule has 1 rings (SSSR count). The first-order valence-electron chi connectivity index (χ1n) is 3.44. The molecule has 0 aliphatic rings. The average Bonchev–Trinajstić information content (AvgIpc) is 2.31. The van der Waals surface area contributed by atoms with E-state index in [1.807, 2.05) is 0 Å². The summed E-state index contributed by atoms with van der Waals surface area (Å²) in [6, 6.07) is 8.36. The van der Waals surface area contributed by atoms with Crippen LogP contribution in [0.1, 0.15) is 11.1 Å². The molecule has 0 amide bonds. The zero-order valence-corrected chi connectivity index (χ0v) is 9.72. The molecule has 0 unspecified atom stereocenters. The van der Waals surface area contributed by atoms with Gasteiger partial charge in [-0.05, 0) is 25.0 Å². The molecule has 0 atom stereocenters. The maximum atomic E-state index is 7.50. The van der Waals surface area contributed by atoms with Gasteiger partial charge < -0.3 is 0 Å². The molecule has 1 aromatic carbocycles. The minimum atomic E-state index is 0. The van der Waals surface area contributed by atoms with Gasteiger partial charge in [0, 0.05) is 17.4 Å². The molecule has 4 heteroatoms. The molecule has 0 aliphatic heterocycles. The fourth-order valence-corrected chi connectivity index (χ4v) is 0.663. The molecule has 0 N–H and O–H groups in total. The van der Waals surface area contributed by atoms with Crippen LogP contribution in [0.25, 0.3) is 0 Å². The first kappa shape index (κ1) is 23.5. The van der Waals surface area contributed by atoms with Crippen molar-refractivity contribution in [2.75, 3.05) is 0 Å². The summed E-state index contributed by atoms with van der Waals surface area (Å²) < 4.78 is 0. The minimum Gasteiger partial charge on any atom is -0.281 e. The Hall–Kier alpha value is -1.24. The van der Waals surface area contributed by atoms with E-state index in [9.17, 15) is 0 Å². The molecule has 0 bridgehead atoms. The Morgan fingerprint density at radius 1 is 0.733 bits per heavy atom. The van der Waals surface area contributed by atoms with Crippen molar-refractivity contribution in [2.45, 2.75) is 13.8 Å². The second kappa shape index (κ2) is 23.0. The normalized spacial score (nSPS) is 5.73. The van der Waals surface area contributed by atoms with Gasteiger partial charge in [0.25, 0.3) is 20.4 Å². The van der Waals surface area contributed by atoms with Gasteiger partial charge in [0.1, 0.15) is 0 Å². The van der Waals surface area contributed by atoms with E-state index >= 15 is 0 Å². The minimum absolute atomic E-state index is 0. The number of hydrogen-bond donors (Lipinski definition) is 0. The third-order valence-electron chi connectivity index (χ3n) is 1.43. The van der Waals surface area contributed by atoms with Crippen molar-refractivity contribution in [2.24, 2.45) is 0 Å². The van der Waals surface area contributed by atoms with Gasteiger partial charge in [0.15, 0.2) is 0 Å². The summed E-state index contributed by atoms with van der Waals surface area (Å²) in [7, 11) is 0. The van der Waals surface area contributed by atoms with Gasteiger partial charge >= 0.3 is 0 Å². The molecule has 0 fully saturated rings. The molecular formula is C11H10CrO3. The molecule has 0 heterocycles. The first-order valence-corrected chi connectivity index (χ1v) is 3.44. The van der Waals surface area contributed by atoms with Gasteiger partial charge in [-0.15, -0.1) is 0 Å². The Morgan fingerprint density at radius 3 is 1.07 bits per heavy atom. The third-order valence-corrected chi connectivity index (χ3v) is 1.43. The Balaban J connectivity index is -0.0000000755. The largest absolute Gasteiger partial charge is 0.281 e. The number of rotatable bonds is 0. The summed E-state index contributed by atoms with van der Waals surface area (Å²) in [5, 5.41) is 0. The smallest absolute Gasteiger partial charge is 0.281 e. The van der Waals surface area contributed by atoms with Gasteiger partial charge in [-0.25, -0.2) is 0 Å². The second-order valence-corrected chi connectivity index (χ2v) is 2.08. The van der Waals surface area contributed by atoms with Crippen LogP contribution in [0.15, 0.2) is 24.3 Å². The van der Waals surface area contributed by atoms with Crippen LogP contribution in [0.2, 0.25) is 0 Å². The van der Waals surface area contributed by atoms with Crippen molar-refractivity contribution in [3.63, 3.8) is 0 Å². The third kappa shape index (κ3) is 15.5. The number of carbonyl (C=O) groups excluding carboxylic acids is 3. The van der Waals surface area contributed by atoms with E-state index in [-0.39, 0.29) is 17.4 Å². The Kier molecular flexibility index (Phi) is 36.1. The van der Waals surface area contributed by atoms with E-state index in [1.54, 1.807) is 0 Å². The maximum Gasteiger partial charge on any atom is 0.281 e. The van der Waals surface area contributed by atoms with Crippen molar-refractivity contribution in [1.29, 1.82) is 0 Å². The Labute approximate surface area is 102 Å². The molecule has 0 saturated carbocycles. The Morgan fingerprint density at radius 2 is 0.933 bits per heavy atom. The molecule has 3 nitrogen and oxygen atoms in total. The van der Waals surface area contributed by atoms with Crippen LogP contribution in [0.4, 0.5) is 0 Å². The zero-order chi connectivity index (χ0) is 12.0. The van der Waals surface area contributed by atoms with Crippen molar-refractivity contribution in [3.8, 4) is 0 Å². The van der Waals surface area contributed by atoms with E-state index < -0.39 is 0 Å². The summed E-state index contributed by atoms with van der Waals surface area (Å²) in [6.07, 6.45) is 0. The van der Waals surface area contributed by atoms with E-state index in [0.29, 0.717) is 0 Å². The summed E-state index contributed by atoms with van der Waals surface area (Å²) in [6.45, 7) is 17.7. The number of hydrogen-bond acceptors (Lipinski definition) is 3. The average molecular weight is 242 g/mol. The van der Waals surface area contributed by atoms with Crippen LogP contribution in [-0.4, -0.2) is 20.4 Å². The monoisotopic (exact) mass is 242 g/mol. The van der Waals surface area contributed by atoms with E-state index in [1.165, 1.54) is 11.1 Å². The quantitative estimate of drug-likeness (QED) is 0.684. The van der Waals surface area contributed by atoms with Gasteiger partial charge in [-0.1, -0.05) is 24.3 Å². The molecule has 0 aliphatic carbocycles. The van der Waals surface area contributed by atoms with Crippen molar-refractivity contribution < 1.29 is 31.7 Å². The first-order chi connectivity index (χ1) is 6.80. The standard InChI is InChI=1S/C8H10.3CO.Cr/c1-7-5-3-4-6-8(7)2;3*1-2;/h3-6H,1-2H3;;;;. The SMILES string of the molecule is Cc1ccccc1C.[C]=O.[C]=O.[C]=O.[Cr]. The van der Waals surface area contributed by atoms with Crippen LogP contribution in [0.3, 0.4) is 0 Å². The summed E-state index contributed by atoms with van der Waals surface area (Å²) in [5.41, 5.74) is 2.74.